The summed E-state index contributed by atoms with van der Waals surface area (Å²) in [5.41, 5.74) is -0.931. The second-order valence-corrected chi connectivity index (χ2v) is 6.62. The zero-order chi connectivity index (χ0) is 17.9. The van der Waals surface area contributed by atoms with Gasteiger partial charge in [-0.1, -0.05) is 18.2 Å². The molecular formula is C18H18BrF3O2. The highest BCUT2D eigenvalue weighted by atomic mass is 79.9. The van der Waals surface area contributed by atoms with Gasteiger partial charge in [0, 0.05) is 6.42 Å². The minimum absolute atomic E-state index is 0.0537. The van der Waals surface area contributed by atoms with Gasteiger partial charge < -0.3 is 9.84 Å². The Hall–Kier alpha value is -1.53. The third kappa shape index (κ3) is 4.11. The molecule has 2 aromatic rings. The number of hydrogen-bond donors (Lipinski definition) is 1. The topological polar surface area (TPSA) is 29.5 Å². The average Bonchev–Trinajstić information content (AvgIpc) is 2.54. The van der Waals surface area contributed by atoms with Crippen LogP contribution in [0.2, 0.25) is 0 Å². The van der Waals surface area contributed by atoms with Crippen LogP contribution in [0, 0.1) is 18.6 Å². The van der Waals surface area contributed by atoms with Crippen LogP contribution in [-0.2, 0) is 5.60 Å². The monoisotopic (exact) mass is 402 g/mol. The van der Waals surface area contributed by atoms with E-state index in [1.165, 1.54) is 19.1 Å². The summed E-state index contributed by atoms with van der Waals surface area (Å²) in [6.45, 7) is 2.90. The molecule has 0 aromatic heterocycles. The summed E-state index contributed by atoms with van der Waals surface area (Å²) in [4.78, 5) is 0. The van der Waals surface area contributed by atoms with E-state index in [0.29, 0.717) is 5.56 Å². The Kier molecular flexibility index (Phi) is 5.93. The molecule has 0 aliphatic heterocycles. The quantitative estimate of drug-likeness (QED) is 0.732. The highest BCUT2D eigenvalue weighted by Gasteiger charge is 2.34. The maximum Gasteiger partial charge on any atom is 0.179 e. The molecule has 1 N–H and O–H groups in total. The Bertz CT molecular complexity index is 702. The summed E-state index contributed by atoms with van der Waals surface area (Å²) < 4.78 is 47.0. The molecule has 2 rings (SSSR count). The van der Waals surface area contributed by atoms with Crippen LogP contribution in [0.4, 0.5) is 13.2 Å². The number of aryl methyl sites for hydroxylation is 1. The molecule has 0 fully saturated rings. The minimum atomic E-state index is -1.79. The van der Waals surface area contributed by atoms with E-state index >= 15 is 0 Å². The van der Waals surface area contributed by atoms with E-state index in [-0.39, 0.29) is 28.8 Å². The van der Waals surface area contributed by atoms with Gasteiger partial charge in [0.25, 0.3) is 0 Å². The van der Waals surface area contributed by atoms with Crippen LogP contribution in [0.3, 0.4) is 0 Å². The van der Waals surface area contributed by atoms with Crippen LogP contribution in [0.1, 0.15) is 24.5 Å². The second-order valence-electron chi connectivity index (χ2n) is 5.77. The summed E-state index contributed by atoms with van der Waals surface area (Å²) in [6, 6.07) is 8.24. The van der Waals surface area contributed by atoms with Crippen molar-refractivity contribution >= 4 is 15.9 Å². The van der Waals surface area contributed by atoms with Gasteiger partial charge in [-0.2, -0.15) is 0 Å². The normalized spacial score (nSPS) is 15.0. The average molecular weight is 403 g/mol. The van der Waals surface area contributed by atoms with Gasteiger partial charge in [0.2, 0.25) is 0 Å². The van der Waals surface area contributed by atoms with Crippen molar-refractivity contribution in [3.05, 3.63) is 63.6 Å². The first-order valence-corrected chi connectivity index (χ1v) is 8.22. The van der Waals surface area contributed by atoms with Crippen molar-refractivity contribution in [1.29, 1.82) is 0 Å². The third-order valence-corrected chi connectivity index (χ3v) is 4.52. The van der Waals surface area contributed by atoms with Crippen LogP contribution in [0.15, 0.2) is 40.9 Å². The number of rotatable bonds is 6. The van der Waals surface area contributed by atoms with Crippen molar-refractivity contribution in [1.82, 2.24) is 0 Å². The lowest BCUT2D eigenvalue weighted by Gasteiger charge is -2.28. The maximum absolute atomic E-state index is 14.4. The van der Waals surface area contributed by atoms with E-state index in [9.17, 15) is 18.3 Å². The smallest absolute Gasteiger partial charge is 0.179 e. The molecule has 2 aromatic carbocycles. The van der Waals surface area contributed by atoms with Gasteiger partial charge in [-0.3, -0.25) is 0 Å². The Morgan fingerprint density at radius 3 is 2.42 bits per heavy atom. The van der Waals surface area contributed by atoms with Gasteiger partial charge >= 0.3 is 0 Å². The van der Waals surface area contributed by atoms with Gasteiger partial charge in [0.05, 0.1) is 11.1 Å². The summed E-state index contributed by atoms with van der Waals surface area (Å²) in [5, 5.41) is 10.4. The molecule has 130 valence electrons. The molecule has 2 nitrogen and oxygen atoms in total. The van der Waals surface area contributed by atoms with Gasteiger partial charge in [-0.15, -0.1) is 0 Å². The summed E-state index contributed by atoms with van der Waals surface area (Å²) >= 11 is 3.07. The SMILES string of the molecule is Cc1ccc(Br)c(F)c1OCCC(F)C(C)(O)c1ccc(F)cc1. The molecular weight excluding hydrogens is 385 g/mol. The molecule has 0 heterocycles. The number of ether oxygens (including phenoxy) is 1. The van der Waals surface area contributed by atoms with E-state index in [2.05, 4.69) is 15.9 Å². The lowest BCUT2D eigenvalue weighted by molar-refractivity contribution is -0.0324. The summed E-state index contributed by atoms with van der Waals surface area (Å²) in [6.07, 6.45) is -1.80. The number of aliphatic hydroxyl groups is 1. The van der Waals surface area contributed by atoms with Crippen molar-refractivity contribution in [3.8, 4) is 5.75 Å². The highest BCUT2D eigenvalue weighted by molar-refractivity contribution is 9.10. The Labute approximate surface area is 147 Å². The first-order chi connectivity index (χ1) is 11.2. The fraction of sp³-hybridized carbons (Fsp3) is 0.333. The van der Waals surface area contributed by atoms with Crippen LogP contribution in [-0.4, -0.2) is 17.9 Å². The maximum atomic E-state index is 14.4. The van der Waals surface area contributed by atoms with Crippen LogP contribution >= 0.6 is 15.9 Å². The number of halogens is 4. The molecule has 6 heteroatoms. The molecule has 0 spiro atoms. The van der Waals surface area contributed by atoms with Crippen molar-refractivity contribution in [2.75, 3.05) is 6.61 Å². The first kappa shape index (κ1) is 18.8. The Morgan fingerprint density at radius 1 is 1.17 bits per heavy atom. The van der Waals surface area contributed by atoms with Crippen LogP contribution < -0.4 is 4.74 Å². The Balaban J connectivity index is 2.01. The molecule has 0 saturated heterocycles. The van der Waals surface area contributed by atoms with Gasteiger partial charge in [0.15, 0.2) is 11.6 Å². The Morgan fingerprint density at radius 2 is 1.79 bits per heavy atom. The fourth-order valence-corrected chi connectivity index (χ4v) is 2.63. The zero-order valence-electron chi connectivity index (χ0n) is 13.3. The summed E-state index contributed by atoms with van der Waals surface area (Å²) in [5.74, 6) is -0.956. The van der Waals surface area contributed by atoms with Crippen molar-refractivity contribution in [2.24, 2.45) is 0 Å². The molecule has 2 atom stereocenters. The molecule has 0 saturated carbocycles. The van der Waals surface area contributed by atoms with Gasteiger partial charge in [-0.05, 0) is 59.1 Å². The summed E-state index contributed by atoms with van der Waals surface area (Å²) in [7, 11) is 0. The van der Waals surface area contributed by atoms with Crippen LogP contribution in [0.5, 0.6) is 5.75 Å². The molecule has 0 aliphatic rings. The minimum Gasteiger partial charge on any atom is -0.490 e. The fourth-order valence-electron chi connectivity index (χ4n) is 2.32. The lowest BCUT2D eigenvalue weighted by atomic mass is 9.89. The van der Waals surface area contributed by atoms with E-state index in [1.807, 2.05) is 0 Å². The number of alkyl halides is 1. The molecule has 0 radical (unpaired) electrons. The molecule has 0 amide bonds. The van der Waals surface area contributed by atoms with E-state index in [1.54, 1.807) is 19.1 Å². The predicted octanol–water partition coefficient (Wildman–Crippen LogP) is 5.05. The van der Waals surface area contributed by atoms with E-state index in [4.69, 9.17) is 4.74 Å². The second kappa shape index (κ2) is 7.57. The standard InChI is InChI=1S/C18H18BrF3O2/c1-11-3-8-14(19)16(22)17(11)24-10-9-15(21)18(2,23)12-4-6-13(20)7-5-12/h3-8,15,23H,9-10H2,1-2H3. The zero-order valence-corrected chi connectivity index (χ0v) is 14.9. The van der Waals surface area contributed by atoms with Gasteiger partial charge in [-0.25, -0.2) is 13.2 Å². The predicted molar refractivity (Wildman–Crippen MR) is 89.8 cm³/mol. The van der Waals surface area contributed by atoms with Crippen molar-refractivity contribution < 1.29 is 23.0 Å². The van der Waals surface area contributed by atoms with E-state index < -0.39 is 23.4 Å². The van der Waals surface area contributed by atoms with Crippen molar-refractivity contribution in [2.45, 2.75) is 32.0 Å². The van der Waals surface area contributed by atoms with Crippen molar-refractivity contribution in [3.63, 3.8) is 0 Å². The number of benzene rings is 2. The largest absolute Gasteiger partial charge is 0.490 e. The first-order valence-electron chi connectivity index (χ1n) is 7.43. The highest BCUT2D eigenvalue weighted by Crippen LogP contribution is 2.31. The molecule has 0 aliphatic carbocycles. The molecule has 24 heavy (non-hydrogen) atoms. The van der Waals surface area contributed by atoms with Gasteiger partial charge in [0.1, 0.15) is 17.6 Å². The third-order valence-electron chi connectivity index (χ3n) is 3.90. The van der Waals surface area contributed by atoms with Crippen LogP contribution in [0.25, 0.3) is 0 Å². The molecule has 0 bridgehead atoms. The number of hydrogen-bond acceptors (Lipinski definition) is 2. The lowest BCUT2D eigenvalue weighted by Crippen LogP contribution is -2.34. The van der Waals surface area contributed by atoms with E-state index in [0.717, 1.165) is 12.1 Å². The molecule has 2 unspecified atom stereocenters.